The smallest absolute Gasteiger partial charge is 0.239 e. The molecule has 1 heterocycles. The van der Waals surface area contributed by atoms with E-state index in [1.54, 1.807) is 0 Å². The maximum absolute atomic E-state index is 12.2. The summed E-state index contributed by atoms with van der Waals surface area (Å²) >= 11 is 0. The molecule has 0 radical (unpaired) electrons. The third-order valence-electron chi connectivity index (χ3n) is 3.63. The third-order valence-corrected chi connectivity index (χ3v) is 3.63. The average Bonchev–Trinajstić information content (AvgIpc) is 2.43. The molecule has 0 saturated heterocycles. The number of unbranched alkanes of at least 4 members (excludes halogenated alkanes) is 1. The molecule has 0 saturated carbocycles. The van der Waals surface area contributed by atoms with Crippen LogP contribution in [0, 0.1) is 0 Å². The van der Waals surface area contributed by atoms with E-state index in [0.717, 1.165) is 38.8 Å². The van der Waals surface area contributed by atoms with Crippen molar-refractivity contribution in [1.82, 2.24) is 4.90 Å². The molecule has 0 bridgehead atoms. The van der Waals surface area contributed by atoms with Crippen LogP contribution in [0.1, 0.15) is 37.3 Å². The Bertz CT molecular complexity index is 417. The van der Waals surface area contributed by atoms with Crippen molar-refractivity contribution in [3.63, 3.8) is 0 Å². The minimum Gasteiger partial charge on any atom is -0.337 e. The Morgan fingerprint density at radius 2 is 2.11 bits per heavy atom. The van der Waals surface area contributed by atoms with Gasteiger partial charge < -0.3 is 10.6 Å². The predicted molar refractivity (Wildman–Crippen MR) is 73.1 cm³/mol. The van der Waals surface area contributed by atoms with E-state index in [0.29, 0.717) is 0 Å². The highest BCUT2D eigenvalue weighted by molar-refractivity contribution is 5.81. The predicted octanol–water partition coefficient (Wildman–Crippen LogP) is 2.09. The van der Waals surface area contributed by atoms with Crippen LogP contribution >= 0.6 is 0 Å². The van der Waals surface area contributed by atoms with Gasteiger partial charge in [-0.1, -0.05) is 44.0 Å². The van der Waals surface area contributed by atoms with Crippen LogP contribution in [0.5, 0.6) is 0 Å². The first kappa shape index (κ1) is 13.1. The Morgan fingerprint density at radius 1 is 1.39 bits per heavy atom. The number of fused-ring (bicyclic) bond motifs is 1. The standard InChI is InChI=1S/C15H22N2O/c1-2-3-8-14(16)15(18)17-10-9-12-6-4-5-7-13(12)11-17/h4-7,14H,2-3,8-11,16H2,1H3/t14-/m0/s1. The van der Waals surface area contributed by atoms with Crippen LogP contribution < -0.4 is 5.73 Å². The largest absolute Gasteiger partial charge is 0.337 e. The van der Waals surface area contributed by atoms with Crippen molar-refractivity contribution in [3.8, 4) is 0 Å². The van der Waals surface area contributed by atoms with E-state index in [4.69, 9.17) is 5.73 Å². The normalized spacial score (nSPS) is 16.2. The molecule has 18 heavy (non-hydrogen) atoms. The van der Waals surface area contributed by atoms with Crippen LogP contribution in [0.3, 0.4) is 0 Å². The monoisotopic (exact) mass is 246 g/mol. The number of hydrogen-bond donors (Lipinski definition) is 1. The van der Waals surface area contributed by atoms with Crippen molar-refractivity contribution >= 4 is 5.91 Å². The van der Waals surface area contributed by atoms with Crippen molar-refractivity contribution < 1.29 is 4.79 Å². The van der Waals surface area contributed by atoms with Gasteiger partial charge in [-0.3, -0.25) is 4.79 Å². The maximum Gasteiger partial charge on any atom is 0.239 e. The highest BCUT2D eigenvalue weighted by Crippen LogP contribution is 2.19. The molecule has 1 aromatic rings. The molecule has 1 aromatic carbocycles. The summed E-state index contributed by atoms with van der Waals surface area (Å²) in [5.74, 6) is 0.109. The molecule has 0 spiro atoms. The van der Waals surface area contributed by atoms with Gasteiger partial charge in [0.15, 0.2) is 0 Å². The summed E-state index contributed by atoms with van der Waals surface area (Å²) in [5, 5.41) is 0. The fourth-order valence-electron chi connectivity index (χ4n) is 2.47. The Morgan fingerprint density at radius 3 is 2.83 bits per heavy atom. The van der Waals surface area contributed by atoms with E-state index < -0.39 is 0 Å². The van der Waals surface area contributed by atoms with Gasteiger partial charge in [0.2, 0.25) is 5.91 Å². The SMILES string of the molecule is CCCC[C@H](N)C(=O)N1CCc2ccccc2C1. The summed E-state index contributed by atoms with van der Waals surface area (Å²) in [6.07, 6.45) is 3.86. The Labute approximate surface area is 109 Å². The van der Waals surface area contributed by atoms with Crippen molar-refractivity contribution in [2.24, 2.45) is 5.73 Å². The van der Waals surface area contributed by atoms with Crippen LogP contribution in [-0.4, -0.2) is 23.4 Å². The zero-order chi connectivity index (χ0) is 13.0. The van der Waals surface area contributed by atoms with E-state index in [1.807, 2.05) is 11.0 Å². The van der Waals surface area contributed by atoms with Crippen LogP contribution in [0.15, 0.2) is 24.3 Å². The fourth-order valence-corrected chi connectivity index (χ4v) is 2.47. The quantitative estimate of drug-likeness (QED) is 0.884. The number of carbonyl (C=O) groups excluding carboxylic acids is 1. The highest BCUT2D eigenvalue weighted by atomic mass is 16.2. The fraction of sp³-hybridized carbons (Fsp3) is 0.533. The maximum atomic E-state index is 12.2. The molecular weight excluding hydrogens is 224 g/mol. The molecule has 1 aliphatic rings. The van der Waals surface area contributed by atoms with E-state index >= 15 is 0 Å². The topological polar surface area (TPSA) is 46.3 Å². The van der Waals surface area contributed by atoms with Crippen molar-refractivity contribution in [1.29, 1.82) is 0 Å². The second kappa shape index (κ2) is 6.01. The van der Waals surface area contributed by atoms with Crippen LogP contribution in [0.4, 0.5) is 0 Å². The van der Waals surface area contributed by atoms with E-state index in [1.165, 1.54) is 11.1 Å². The molecule has 3 heteroatoms. The van der Waals surface area contributed by atoms with Crippen LogP contribution in [0.2, 0.25) is 0 Å². The van der Waals surface area contributed by atoms with Gasteiger partial charge >= 0.3 is 0 Å². The molecule has 1 amide bonds. The first-order chi connectivity index (χ1) is 8.72. The zero-order valence-corrected chi connectivity index (χ0v) is 11.1. The first-order valence-electron chi connectivity index (χ1n) is 6.83. The van der Waals surface area contributed by atoms with E-state index in [-0.39, 0.29) is 11.9 Å². The van der Waals surface area contributed by atoms with Gasteiger partial charge in [-0.2, -0.15) is 0 Å². The lowest BCUT2D eigenvalue weighted by Gasteiger charge is -2.30. The van der Waals surface area contributed by atoms with Crippen molar-refractivity contribution in [2.75, 3.05) is 6.54 Å². The molecule has 2 N–H and O–H groups in total. The third kappa shape index (κ3) is 2.91. The molecule has 0 aromatic heterocycles. The number of nitrogens with two attached hydrogens (primary N) is 1. The number of carbonyl (C=O) groups is 1. The minimum atomic E-state index is -0.324. The summed E-state index contributed by atoms with van der Waals surface area (Å²) in [5.41, 5.74) is 8.59. The Kier molecular flexibility index (Phi) is 4.37. The number of benzene rings is 1. The summed E-state index contributed by atoms with van der Waals surface area (Å²) in [4.78, 5) is 14.1. The van der Waals surface area contributed by atoms with Gasteiger partial charge in [0.05, 0.1) is 6.04 Å². The molecule has 1 atom stereocenters. The molecule has 98 valence electrons. The lowest BCUT2D eigenvalue weighted by molar-refractivity contribution is -0.133. The molecule has 2 rings (SSSR count). The summed E-state index contributed by atoms with van der Waals surface area (Å²) < 4.78 is 0. The van der Waals surface area contributed by atoms with Gasteiger partial charge in [-0.05, 0) is 24.0 Å². The highest BCUT2D eigenvalue weighted by Gasteiger charge is 2.24. The summed E-state index contributed by atoms with van der Waals surface area (Å²) in [6, 6.07) is 8.02. The number of rotatable bonds is 4. The summed E-state index contributed by atoms with van der Waals surface area (Å²) in [6.45, 7) is 3.64. The van der Waals surface area contributed by atoms with Gasteiger partial charge in [0.1, 0.15) is 0 Å². The van der Waals surface area contributed by atoms with E-state index in [9.17, 15) is 4.79 Å². The minimum absolute atomic E-state index is 0.109. The molecule has 0 aliphatic carbocycles. The van der Waals surface area contributed by atoms with Gasteiger partial charge in [0, 0.05) is 13.1 Å². The average molecular weight is 246 g/mol. The lowest BCUT2D eigenvalue weighted by atomic mass is 9.99. The molecule has 1 aliphatic heterocycles. The van der Waals surface area contributed by atoms with Crippen LogP contribution in [0.25, 0.3) is 0 Å². The molecule has 3 nitrogen and oxygen atoms in total. The second-order valence-electron chi connectivity index (χ2n) is 5.03. The van der Waals surface area contributed by atoms with Crippen molar-refractivity contribution in [3.05, 3.63) is 35.4 Å². The number of amides is 1. The van der Waals surface area contributed by atoms with Gasteiger partial charge in [-0.25, -0.2) is 0 Å². The number of hydrogen-bond acceptors (Lipinski definition) is 2. The lowest BCUT2D eigenvalue weighted by Crippen LogP contribution is -2.45. The summed E-state index contributed by atoms with van der Waals surface area (Å²) in [7, 11) is 0. The first-order valence-corrected chi connectivity index (χ1v) is 6.83. The molecule has 0 unspecified atom stereocenters. The van der Waals surface area contributed by atoms with Gasteiger partial charge in [-0.15, -0.1) is 0 Å². The molecule has 0 fully saturated rings. The van der Waals surface area contributed by atoms with Gasteiger partial charge in [0.25, 0.3) is 0 Å². The Balaban J connectivity index is 1.98. The molecular formula is C15H22N2O. The Hall–Kier alpha value is -1.35. The van der Waals surface area contributed by atoms with Crippen molar-refractivity contribution in [2.45, 2.75) is 45.2 Å². The van der Waals surface area contributed by atoms with E-state index in [2.05, 4.69) is 25.1 Å². The zero-order valence-electron chi connectivity index (χ0n) is 11.1. The second-order valence-corrected chi connectivity index (χ2v) is 5.03. The van der Waals surface area contributed by atoms with Crippen LogP contribution in [-0.2, 0) is 17.8 Å². The number of nitrogens with zero attached hydrogens (tertiary/aromatic N) is 1.